The average molecular weight is 185 g/mol. The molecule has 74 valence electrons. The quantitative estimate of drug-likeness (QED) is 0.645. The molecule has 0 aromatic carbocycles. The summed E-state index contributed by atoms with van der Waals surface area (Å²) in [4.78, 5) is 23.9. The van der Waals surface area contributed by atoms with E-state index < -0.39 is 11.9 Å². The van der Waals surface area contributed by atoms with Crippen LogP contribution in [0.25, 0.3) is 0 Å². The number of piperidine rings is 1. The minimum Gasteiger partial charge on any atom is -0.481 e. The summed E-state index contributed by atoms with van der Waals surface area (Å²) in [7, 11) is 0. The zero-order chi connectivity index (χ0) is 9.84. The van der Waals surface area contributed by atoms with Crippen molar-refractivity contribution in [2.75, 3.05) is 19.6 Å². The fraction of sp³-hybridized carbons (Fsp3) is 0.778. The van der Waals surface area contributed by atoms with Gasteiger partial charge in [0.15, 0.2) is 0 Å². The van der Waals surface area contributed by atoms with E-state index in [1.54, 1.807) is 0 Å². The summed E-state index contributed by atoms with van der Waals surface area (Å²) in [5.74, 6) is -1.90. The maximum Gasteiger partial charge on any atom is 0.315 e. The van der Waals surface area contributed by atoms with Crippen molar-refractivity contribution in [2.45, 2.75) is 19.8 Å². The third kappa shape index (κ3) is 2.52. The number of rotatable bonds is 3. The molecule has 1 N–H and O–H groups in total. The highest BCUT2D eigenvalue weighted by molar-refractivity contribution is 5.99. The van der Waals surface area contributed by atoms with Gasteiger partial charge in [-0.1, -0.05) is 6.92 Å². The Balaban J connectivity index is 2.52. The Morgan fingerprint density at radius 1 is 1.69 bits per heavy atom. The van der Waals surface area contributed by atoms with Crippen molar-refractivity contribution in [3.05, 3.63) is 0 Å². The summed E-state index contributed by atoms with van der Waals surface area (Å²) in [5, 5.41) is 8.75. The van der Waals surface area contributed by atoms with Crippen LogP contribution in [0.15, 0.2) is 0 Å². The van der Waals surface area contributed by atoms with Gasteiger partial charge in [-0.05, 0) is 13.0 Å². The van der Waals surface area contributed by atoms with Crippen molar-refractivity contribution < 1.29 is 14.7 Å². The topological polar surface area (TPSA) is 57.6 Å². The van der Waals surface area contributed by atoms with Gasteiger partial charge in [0.05, 0.1) is 0 Å². The predicted molar refractivity (Wildman–Crippen MR) is 47.5 cm³/mol. The molecule has 0 amide bonds. The van der Waals surface area contributed by atoms with Gasteiger partial charge in [-0.2, -0.15) is 0 Å². The summed E-state index contributed by atoms with van der Waals surface area (Å²) in [6.07, 6.45) is 1.39. The van der Waals surface area contributed by atoms with Crippen LogP contribution in [0.3, 0.4) is 0 Å². The number of aliphatic carboxylic acids is 1. The maximum absolute atomic E-state index is 11.2. The first-order valence-corrected chi connectivity index (χ1v) is 4.63. The van der Waals surface area contributed by atoms with Gasteiger partial charge >= 0.3 is 5.97 Å². The van der Waals surface area contributed by atoms with Crippen molar-refractivity contribution in [3.8, 4) is 0 Å². The van der Waals surface area contributed by atoms with E-state index in [9.17, 15) is 9.59 Å². The largest absolute Gasteiger partial charge is 0.481 e. The summed E-state index contributed by atoms with van der Waals surface area (Å²) in [6, 6.07) is 0. The molecular formula is C9H15NO3. The van der Waals surface area contributed by atoms with Crippen molar-refractivity contribution in [1.29, 1.82) is 0 Å². The number of carbonyl (C=O) groups excluding carboxylic acids is 1. The SMILES string of the molecule is CCCN1CCC(=O)C(C(=O)O)C1. The molecule has 13 heavy (non-hydrogen) atoms. The minimum atomic E-state index is -0.981. The first-order valence-electron chi connectivity index (χ1n) is 4.63. The van der Waals surface area contributed by atoms with E-state index >= 15 is 0 Å². The second-order valence-electron chi connectivity index (χ2n) is 3.41. The van der Waals surface area contributed by atoms with Crippen LogP contribution in [0, 0.1) is 5.92 Å². The highest BCUT2D eigenvalue weighted by Crippen LogP contribution is 2.13. The molecule has 4 heteroatoms. The van der Waals surface area contributed by atoms with Crippen LogP contribution < -0.4 is 0 Å². The lowest BCUT2D eigenvalue weighted by Crippen LogP contribution is -2.44. The second kappa shape index (κ2) is 4.37. The highest BCUT2D eigenvalue weighted by atomic mass is 16.4. The average Bonchev–Trinajstić information content (AvgIpc) is 2.08. The third-order valence-electron chi connectivity index (χ3n) is 2.34. The Morgan fingerprint density at radius 3 is 2.92 bits per heavy atom. The first-order chi connectivity index (χ1) is 6.15. The minimum absolute atomic E-state index is 0.125. The molecule has 1 aliphatic heterocycles. The zero-order valence-corrected chi connectivity index (χ0v) is 7.82. The van der Waals surface area contributed by atoms with Crippen molar-refractivity contribution in [3.63, 3.8) is 0 Å². The molecule has 0 aromatic heterocycles. The fourth-order valence-electron chi connectivity index (χ4n) is 1.63. The number of ketones is 1. The van der Waals surface area contributed by atoms with Gasteiger partial charge in [-0.3, -0.25) is 9.59 Å². The van der Waals surface area contributed by atoms with E-state index in [1.807, 2.05) is 11.8 Å². The highest BCUT2D eigenvalue weighted by Gasteiger charge is 2.31. The zero-order valence-electron chi connectivity index (χ0n) is 7.82. The molecule has 0 bridgehead atoms. The number of likely N-dealkylation sites (tertiary alicyclic amines) is 1. The number of hydrogen-bond donors (Lipinski definition) is 1. The molecular weight excluding hydrogens is 170 g/mol. The first kappa shape index (κ1) is 10.2. The smallest absolute Gasteiger partial charge is 0.315 e. The van der Waals surface area contributed by atoms with Gasteiger partial charge in [0, 0.05) is 19.5 Å². The number of nitrogens with zero attached hydrogens (tertiary/aromatic N) is 1. The molecule has 0 spiro atoms. The van der Waals surface area contributed by atoms with E-state index in [-0.39, 0.29) is 5.78 Å². The van der Waals surface area contributed by atoms with Gasteiger partial charge in [0.25, 0.3) is 0 Å². The number of carboxylic acids is 1. The van der Waals surface area contributed by atoms with Crippen LogP contribution in [0.2, 0.25) is 0 Å². The summed E-state index contributed by atoms with van der Waals surface area (Å²) >= 11 is 0. The predicted octanol–water partition coefficient (Wildman–Crippen LogP) is 0.372. The van der Waals surface area contributed by atoms with E-state index in [4.69, 9.17) is 5.11 Å². The van der Waals surface area contributed by atoms with E-state index in [1.165, 1.54) is 0 Å². The third-order valence-corrected chi connectivity index (χ3v) is 2.34. The van der Waals surface area contributed by atoms with Crippen LogP contribution >= 0.6 is 0 Å². The van der Waals surface area contributed by atoms with Gasteiger partial charge in [0.1, 0.15) is 11.7 Å². The van der Waals surface area contributed by atoms with Crippen molar-refractivity contribution in [1.82, 2.24) is 4.90 Å². The number of Topliss-reactive ketones (excluding diaryl/α,β-unsaturated/α-hetero) is 1. The monoisotopic (exact) mass is 185 g/mol. The Morgan fingerprint density at radius 2 is 2.38 bits per heavy atom. The summed E-state index contributed by atoms with van der Waals surface area (Å²) < 4.78 is 0. The molecule has 1 heterocycles. The Labute approximate surface area is 77.5 Å². The summed E-state index contributed by atoms with van der Waals surface area (Å²) in [6.45, 7) is 4.04. The van der Waals surface area contributed by atoms with Crippen LogP contribution in [-0.2, 0) is 9.59 Å². The van der Waals surface area contributed by atoms with E-state index in [2.05, 4.69) is 0 Å². The molecule has 0 aromatic rings. The molecule has 1 atom stereocenters. The van der Waals surface area contributed by atoms with E-state index in [0.717, 1.165) is 19.5 Å². The van der Waals surface area contributed by atoms with Crippen LogP contribution in [0.4, 0.5) is 0 Å². The molecule has 1 saturated heterocycles. The van der Waals surface area contributed by atoms with Crippen LogP contribution in [-0.4, -0.2) is 41.4 Å². The molecule has 0 radical (unpaired) electrons. The second-order valence-corrected chi connectivity index (χ2v) is 3.41. The number of hydrogen-bond acceptors (Lipinski definition) is 3. The van der Waals surface area contributed by atoms with Gasteiger partial charge < -0.3 is 10.0 Å². The molecule has 1 aliphatic rings. The number of carboxylic acid groups (broad SMARTS) is 1. The van der Waals surface area contributed by atoms with Crippen LogP contribution in [0.1, 0.15) is 19.8 Å². The van der Waals surface area contributed by atoms with Gasteiger partial charge in [-0.25, -0.2) is 0 Å². The van der Waals surface area contributed by atoms with Crippen LogP contribution in [0.5, 0.6) is 0 Å². The number of carbonyl (C=O) groups is 2. The Kier molecular flexibility index (Phi) is 3.42. The fourth-order valence-corrected chi connectivity index (χ4v) is 1.63. The molecule has 1 unspecified atom stereocenters. The Bertz CT molecular complexity index is 215. The molecule has 0 saturated carbocycles. The Hall–Kier alpha value is -0.900. The normalized spacial score (nSPS) is 24.7. The standard InChI is InChI=1S/C9H15NO3/c1-2-4-10-5-3-8(11)7(6-10)9(12)13/h7H,2-6H2,1H3,(H,12,13). The maximum atomic E-state index is 11.2. The molecule has 0 aliphatic carbocycles. The van der Waals surface area contributed by atoms with Gasteiger partial charge in [-0.15, -0.1) is 0 Å². The molecule has 1 rings (SSSR count). The lowest BCUT2D eigenvalue weighted by atomic mass is 9.96. The van der Waals surface area contributed by atoms with Crippen molar-refractivity contribution in [2.24, 2.45) is 5.92 Å². The van der Waals surface area contributed by atoms with Crippen molar-refractivity contribution >= 4 is 11.8 Å². The van der Waals surface area contributed by atoms with E-state index in [0.29, 0.717) is 13.0 Å². The lowest BCUT2D eigenvalue weighted by Gasteiger charge is -2.29. The molecule has 1 fully saturated rings. The summed E-state index contributed by atoms with van der Waals surface area (Å²) in [5.41, 5.74) is 0. The van der Waals surface area contributed by atoms with Gasteiger partial charge in [0.2, 0.25) is 0 Å². The molecule has 4 nitrogen and oxygen atoms in total. The lowest BCUT2D eigenvalue weighted by molar-refractivity contribution is -0.148.